The Morgan fingerprint density at radius 2 is 2.05 bits per heavy atom. The standard InChI is InChI=1S/C12H17N3O4S.ClH/c16-20(17,18)11-2-1-9-7-13-8-10(12(9)14-11)15-3-5-19-6-4-15;/h1-2,10,13H,3-8H2,(H,16,17,18);1H. The minimum atomic E-state index is -4.27. The fourth-order valence-corrected chi connectivity index (χ4v) is 3.15. The summed E-state index contributed by atoms with van der Waals surface area (Å²) >= 11 is 0. The molecule has 0 aromatic carbocycles. The van der Waals surface area contributed by atoms with Crippen LogP contribution < -0.4 is 5.32 Å². The summed E-state index contributed by atoms with van der Waals surface area (Å²) in [7, 11) is -4.27. The highest BCUT2D eigenvalue weighted by Crippen LogP contribution is 2.27. The molecule has 2 N–H and O–H groups in total. The molecule has 0 aliphatic carbocycles. The number of nitrogens with one attached hydrogen (secondary N) is 1. The van der Waals surface area contributed by atoms with Crippen molar-refractivity contribution in [1.29, 1.82) is 0 Å². The molecule has 21 heavy (non-hydrogen) atoms. The lowest BCUT2D eigenvalue weighted by molar-refractivity contribution is 0.0135. The summed E-state index contributed by atoms with van der Waals surface area (Å²) in [6.07, 6.45) is 0. The Bertz CT molecular complexity index is 605. The zero-order chi connectivity index (χ0) is 14.2. The maximum absolute atomic E-state index is 11.2. The molecule has 0 saturated carbocycles. The Morgan fingerprint density at radius 3 is 2.71 bits per heavy atom. The van der Waals surface area contributed by atoms with E-state index in [1.807, 2.05) is 0 Å². The van der Waals surface area contributed by atoms with E-state index in [2.05, 4.69) is 15.2 Å². The number of morpholine rings is 1. The lowest BCUT2D eigenvalue weighted by atomic mass is 10.0. The molecule has 2 aliphatic rings. The summed E-state index contributed by atoms with van der Waals surface area (Å²) in [5, 5.41) is 3.03. The average molecular weight is 336 g/mol. The lowest BCUT2D eigenvalue weighted by Crippen LogP contribution is -2.45. The fourth-order valence-electron chi connectivity index (χ4n) is 2.70. The van der Waals surface area contributed by atoms with E-state index < -0.39 is 10.1 Å². The number of pyridine rings is 1. The maximum atomic E-state index is 11.2. The van der Waals surface area contributed by atoms with Crippen molar-refractivity contribution in [3.63, 3.8) is 0 Å². The van der Waals surface area contributed by atoms with Crippen molar-refractivity contribution in [3.05, 3.63) is 23.4 Å². The highest BCUT2D eigenvalue weighted by molar-refractivity contribution is 7.85. The third kappa shape index (κ3) is 3.53. The van der Waals surface area contributed by atoms with Crippen LogP contribution >= 0.6 is 12.4 Å². The minimum Gasteiger partial charge on any atom is -0.379 e. The quantitative estimate of drug-likeness (QED) is 0.747. The molecule has 7 nitrogen and oxygen atoms in total. The van der Waals surface area contributed by atoms with Gasteiger partial charge in [-0.1, -0.05) is 6.07 Å². The van der Waals surface area contributed by atoms with Crippen LogP contribution in [0.4, 0.5) is 0 Å². The molecule has 1 atom stereocenters. The number of hydrogen-bond acceptors (Lipinski definition) is 6. The maximum Gasteiger partial charge on any atom is 0.312 e. The van der Waals surface area contributed by atoms with E-state index in [9.17, 15) is 8.42 Å². The van der Waals surface area contributed by atoms with Crippen LogP contribution in [0.2, 0.25) is 0 Å². The molecule has 0 radical (unpaired) electrons. The first-order chi connectivity index (χ1) is 9.55. The Labute approximate surface area is 129 Å². The molecule has 1 aromatic rings. The van der Waals surface area contributed by atoms with Crippen molar-refractivity contribution in [2.24, 2.45) is 0 Å². The third-order valence-corrected chi connectivity index (χ3v) is 4.46. The van der Waals surface area contributed by atoms with E-state index in [-0.39, 0.29) is 23.5 Å². The van der Waals surface area contributed by atoms with Crippen molar-refractivity contribution in [2.45, 2.75) is 17.6 Å². The molecule has 0 bridgehead atoms. The second-order valence-electron chi connectivity index (χ2n) is 4.96. The van der Waals surface area contributed by atoms with Gasteiger partial charge in [-0.3, -0.25) is 9.45 Å². The minimum absolute atomic E-state index is 0. The van der Waals surface area contributed by atoms with E-state index in [1.165, 1.54) is 6.07 Å². The summed E-state index contributed by atoms with van der Waals surface area (Å²) in [6, 6.07) is 3.08. The molecule has 3 rings (SSSR count). The van der Waals surface area contributed by atoms with Gasteiger partial charge < -0.3 is 10.1 Å². The molecule has 2 aliphatic heterocycles. The first kappa shape index (κ1) is 16.6. The number of halogens is 1. The molecule has 1 fully saturated rings. The molecule has 3 heterocycles. The molecular weight excluding hydrogens is 318 g/mol. The summed E-state index contributed by atoms with van der Waals surface area (Å²) < 4.78 is 37.0. The fraction of sp³-hybridized carbons (Fsp3) is 0.583. The monoisotopic (exact) mass is 335 g/mol. The van der Waals surface area contributed by atoms with Gasteiger partial charge in [-0.15, -0.1) is 12.4 Å². The molecule has 118 valence electrons. The van der Waals surface area contributed by atoms with Gasteiger partial charge in [0.05, 0.1) is 24.9 Å². The largest absolute Gasteiger partial charge is 0.379 e. The topological polar surface area (TPSA) is 91.8 Å². The zero-order valence-corrected chi connectivity index (χ0v) is 13.0. The Morgan fingerprint density at radius 1 is 1.33 bits per heavy atom. The van der Waals surface area contributed by atoms with E-state index in [4.69, 9.17) is 9.29 Å². The molecule has 0 spiro atoms. The van der Waals surface area contributed by atoms with Gasteiger partial charge >= 0.3 is 10.1 Å². The first-order valence-corrected chi connectivity index (χ1v) is 7.99. The van der Waals surface area contributed by atoms with Crippen LogP contribution in [-0.2, 0) is 21.4 Å². The SMILES string of the molecule is Cl.O=S(=O)(O)c1ccc2c(n1)C(N1CCOCC1)CNC2. The predicted octanol–water partition coefficient (Wildman–Crippen LogP) is 0.227. The highest BCUT2D eigenvalue weighted by atomic mass is 35.5. The third-order valence-electron chi connectivity index (χ3n) is 3.71. The molecule has 1 unspecified atom stereocenters. The molecule has 1 aromatic heterocycles. The van der Waals surface area contributed by atoms with Crippen LogP contribution in [0.5, 0.6) is 0 Å². The second-order valence-corrected chi connectivity index (χ2v) is 6.33. The average Bonchev–Trinajstić information content (AvgIpc) is 2.46. The Hall–Kier alpha value is -0.770. The summed E-state index contributed by atoms with van der Waals surface area (Å²) in [4.78, 5) is 6.41. The van der Waals surface area contributed by atoms with Gasteiger partial charge in [0.25, 0.3) is 0 Å². The summed E-state index contributed by atoms with van der Waals surface area (Å²) in [5.74, 6) is 0. The zero-order valence-electron chi connectivity index (χ0n) is 11.4. The van der Waals surface area contributed by atoms with Crippen LogP contribution in [0.3, 0.4) is 0 Å². The number of fused-ring (bicyclic) bond motifs is 1. The molecule has 9 heteroatoms. The Balaban J connectivity index is 0.00000161. The van der Waals surface area contributed by atoms with Crippen LogP contribution in [0.25, 0.3) is 0 Å². The smallest absolute Gasteiger partial charge is 0.312 e. The predicted molar refractivity (Wildman–Crippen MR) is 78.1 cm³/mol. The van der Waals surface area contributed by atoms with Crippen LogP contribution in [0.1, 0.15) is 17.3 Å². The van der Waals surface area contributed by atoms with Crippen molar-refractivity contribution < 1.29 is 17.7 Å². The Kier molecular flexibility index (Phi) is 5.18. The number of hydrogen-bond donors (Lipinski definition) is 2. The van der Waals surface area contributed by atoms with Gasteiger partial charge in [-0.25, -0.2) is 4.98 Å². The van der Waals surface area contributed by atoms with Crippen LogP contribution in [-0.4, -0.2) is 55.7 Å². The van der Waals surface area contributed by atoms with Crippen molar-refractivity contribution >= 4 is 22.5 Å². The van der Waals surface area contributed by atoms with Gasteiger partial charge in [0.2, 0.25) is 0 Å². The highest BCUT2D eigenvalue weighted by Gasteiger charge is 2.29. The molecular formula is C12H18ClN3O4S. The van der Waals surface area contributed by atoms with E-state index in [0.29, 0.717) is 19.8 Å². The number of ether oxygens (including phenoxy) is 1. The number of nitrogens with zero attached hydrogens (tertiary/aromatic N) is 2. The van der Waals surface area contributed by atoms with Crippen LogP contribution in [0.15, 0.2) is 17.2 Å². The van der Waals surface area contributed by atoms with Crippen molar-refractivity contribution in [1.82, 2.24) is 15.2 Å². The van der Waals surface area contributed by atoms with Gasteiger partial charge in [0.15, 0.2) is 5.03 Å². The molecule has 1 saturated heterocycles. The van der Waals surface area contributed by atoms with Gasteiger partial charge in [0, 0.05) is 26.2 Å². The number of rotatable bonds is 2. The van der Waals surface area contributed by atoms with Gasteiger partial charge in [0.1, 0.15) is 0 Å². The lowest BCUT2D eigenvalue weighted by Gasteiger charge is -2.37. The summed E-state index contributed by atoms with van der Waals surface area (Å²) in [5.41, 5.74) is 1.71. The summed E-state index contributed by atoms with van der Waals surface area (Å²) in [6.45, 7) is 4.31. The normalized spacial score (nSPS) is 23.2. The first-order valence-electron chi connectivity index (χ1n) is 6.55. The van der Waals surface area contributed by atoms with Crippen molar-refractivity contribution in [2.75, 3.05) is 32.8 Å². The molecule has 0 amide bonds. The van der Waals surface area contributed by atoms with E-state index in [1.54, 1.807) is 6.07 Å². The van der Waals surface area contributed by atoms with Crippen LogP contribution in [0, 0.1) is 0 Å². The van der Waals surface area contributed by atoms with E-state index >= 15 is 0 Å². The second kappa shape index (κ2) is 6.55. The number of aromatic nitrogens is 1. The van der Waals surface area contributed by atoms with E-state index in [0.717, 1.165) is 30.9 Å². The van der Waals surface area contributed by atoms with Gasteiger partial charge in [-0.05, 0) is 11.6 Å². The van der Waals surface area contributed by atoms with Gasteiger partial charge in [-0.2, -0.15) is 8.42 Å². The van der Waals surface area contributed by atoms with Crippen molar-refractivity contribution in [3.8, 4) is 0 Å².